The van der Waals surface area contributed by atoms with Gasteiger partial charge in [-0.25, -0.2) is 9.98 Å². The van der Waals surface area contributed by atoms with Crippen LogP contribution in [0, 0.1) is 0 Å². The standard InChI is InChI=1S/C57H62N2/c1-13-52(39-22-16-14-17-23-39)59-53(40-24-18-15-19-25-40)58-38(2)41-28-29-50-49-27-21-20-26-48(49)42-30-44(54(3,4)5)35-46(32-42)56(9,10)37-57(11,12)47-33-43(51(50)34-41)31-45(36-47)55(6,7)8/h13-33,35-36,51H,1-2,34,37H2,3-12H3. The number of nitrogens with zero attached hydrogens (tertiary/aromatic N) is 2. The molecule has 5 aromatic carbocycles. The minimum absolute atomic E-state index is 0.00512. The van der Waals surface area contributed by atoms with Crippen LogP contribution in [0.15, 0.2) is 174 Å². The molecule has 7 rings (SSSR count). The van der Waals surface area contributed by atoms with Crippen LogP contribution in [0.2, 0.25) is 0 Å². The van der Waals surface area contributed by atoms with E-state index in [2.05, 4.69) is 179 Å². The molecule has 0 spiro atoms. The van der Waals surface area contributed by atoms with Gasteiger partial charge in [0.1, 0.15) is 0 Å². The lowest BCUT2D eigenvalue weighted by Gasteiger charge is -2.38. The SMILES string of the molecule is C=CC(=NC(=NC(=C)C1=CC=C2c3ccccc3-c3cc(C(C)(C)C)cc(c3)C(C)(C)CC(C)(C)c3cc(cc(C(C)(C)C)c3)C2C1)c1ccccc1)c1ccccc1. The van der Waals surface area contributed by atoms with Crippen LogP contribution in [0.25, 0.3) is 16.7 Å². The Morgan fingerprint density at radius 2 is 1.17 bits per heavy atom. The van der Waals surface area contributed by atoms with Gasteiger partial charge in [-0.3, -0.25) is 0 Å². The number of amidine groups is 1. The number of allylic oxidation sites excluding steroid dienone is 5. The van der Waals surface area contributed by atoms with Crippen LogP contribution >= 0.6 is 0 Å². The zero-order valence-corrected chi connectivity index (χ0v) is 37.1. The second-order valence-corrected chi connectivity index (χ2v) is 20.0. The van der Waals surface area contributed by atoms with Gasteiger partial charge in [0.2, 0.25) is 0 Å². The van der Waals surface area contributed by atoms with Gasteiger partial charge in [-0.2, -0.15) is 0 Å². The summed E-state index contributed by atoms with van der Waals surface area (Å²) < 4.78 is 0. The molecule has 1 atom stereocenters. The summed E-state index contributed by atoms with van der Waals surface area (Å²) in [7, 11) is 0. The minimum atomic E-state index is -0.104. The Labute approximate surface area is 355 Å². The van der Waals surface area contributed by atoms with E-state index < -0.39 is 0 Å². The van der Waals surface area contributed by atoms with Crippen LogP contribution in [-0.4, -0.2) is 11.5 Å². The molecule has 2 aliphatic carbocycles. The molecule has 59 heavy (non-hydrogen) atoms. The van der Waals surface area contributed by atoms with Crippen LogP contribution in [0.5, 0.6) is 0 Å². The van der Waals surface area contributed by atoms with Gasteiger partial charge in [0.05, 0.1) is 11.4 Å². The summed E-state index contributed by atoms with van der Waals surface area (Å²) >= 11 is 0. The van der Waals surface area contributed by atoms with Gasteiger partial charge in [-0.15, -0.1) is 0 Å². The summed E-state index contributed by atoms with van der Waals surface area (Å²) in [6, 6.07) is 44.3. The molecule has 0 heterocycles. The lowest BCUT2D eigenvalue weighted by molar-refractivity contribution is 0.347. The van der Waals surface area contributed by atoms with E-state index in [-0.39, 0.29) is 27.6 Å². The summed E-state index contributed by atoms with van der Waals surface area (Å²) in [6.45, 7) is 32.6. The highest BCUT2D eigenvalue weighted by atomic mass is 14.9. The fourth-order valence-electron chi connectivity index (χ4n) is 8.96. The number of fused-ring (bicyclic) bond motifs is 9. The largest absolute Gasteiger partial charge is 0.229 e. The Balaban J connectivity index is 1.47. The monoisotopic (exact) mass is 774 g/mol. The molecule has 2 heteroatoms. The average Bonchev–Trinajstić information content (AvgIpc) is 3.21. The van der Waals surface area contributed by atoms with Gasteiger partial charge in [-0.1, -0.05) is 216 Å². The second kappa shape index (κ2) is 15.9. The fourth-order valence-corrected chi connectivity index (χ4v) is 8.96. The van der Waals surface area contributed by atoms with Crippen molar-refractivity contribution in [3.8, 4) is 11.1 Å². The first-order valence-electron chi connectivity index (χ1n) is 21.3. The Hall–Kier alpha value is -5.60. The molecule has 5 aromatic rings. The first-order valence-corrected chi connectivity index (χ1v) is 21.3. The Morgan fingerprint density at radius 1 is 0.627 bits per heavy atom. The zero-order chi connectivity index (χ0) is 42.3. The van der Waals surface area contributed by atoms with Crippen molar-refractivity contribution < 1.29 is 0 Å². The van der Waals surface area contributed by atoms with Crippen LogP contribution in [-0.2, 0) is 21.7 Å². The fraction of sp³-hybridized carbons (Fsp3) is 0.298. The number of hydrogen-bond acceptors (Lipinski definition) is 1. The third kappa shape index (κ3) is 8.88. The van der Waals surface area contributed by atoms with Gasteiger partial charge in [-0.05, 0) is 96.2 Å². The predicted molar refractivity (Wildman–Crippen MR) is 255 cm³/mol. The van der Waals surface area contributed by atoms with E-state index in [4.69, 9.17) is 9.98 Å². The van der Waals surface area contributed by atoms with Crippen molar-refractivity contribution in [1.29, 1.82) is 0 Å². The van der Waals surface area contributed by atoms with Gasteiger partial charge in [0.25, 0.3) is 0 Å². The van der Waals surface area contributed by atoms with Crippen molar-refractivity contribution >= 4 is 17.1 Å². The summed E-state index contributed by atoms with van der Waals surface area (Å²) in [5.74, 6) is 0.678. The summed E-state index contributed by atoms with van der Waals surface area (Å²) in [6.07, 6.45) is 8.17. The highest BCUT2D eigenvalue weighted by molar-refractivity contribution is 6.17. The van der Waals surface area contributed by atoms with E-state index in [0.717, 1.165) is 35.3 Å². The maximum absolute atomic E-state index is 5.25. The molecule has 0 aliphatic heterocycles. The topological polar surface area (TPSA) is 24.7 Å². The maximum atomic E-state index is 5.25. The van der Waals surface area contributed by atoms with Gasteiger partial charge in [0.15, 0.2) is 5.84 Å². The third-order valence-corrected chi connectivity index (χ3v) is 12.4. The average molecular weight is 775 g/mol. The van der Waals surface area contributed by atoms with Crippen molar-refractivity contribution in [2.24, 2.45) is 9.98 Å². The third-order valence-electron chi connectivity index (χ3n) is 12.4. The predicted octanol–water partition coefficient (Wildman–Crippen LogP) is 15.0. The molecule has 4 bridgehead atoms. The molecule has 1 unspecified atom stereocenters. The summed E-state index contributed by atoms with van der Waals surface area (Å²) in [4.78, 5) is 10.4. The molecular formula is C57H62N2. The lowest BCUT2D eigenvalue weighted by atomic mass is 9.66. The number of benzene rings is 5. The van der Waals surface area contributed by atoms with Crippen molar-refractivity contribution in [3.63, 3.8) is 0 Å². The summed E-state index contributed by atoms with van der Waals surface area (Å²) in [5, 5.41) is 0. The number of hydrogen-bond donors (Lipinski definition) is 0. The van der Waals surface area contributed by atoms with Crippen LogP contribution in [0.4, 0.5) is 0 Å². The van der Waals surface area contributed by atoms with E-state index in [0.29, 0.717) is 11.5 Å². The Kier molecular flexibility index (Phi) is 11.2. The van der Waals surface area contributed by atoms with Crippen molar-refractivity contribution in [1.82, 2.24) is 0 Å². The molecule has 300 valence electrons. The van der Waals surface area contributed by atoms with Crippen LogP contribution in [0.3, 0.4) is 0 Å². The van der Waals surface area contributed by atoms with Gasteiger partial charge in [0, 0.05) is 17.0 Å². The quantitative estimate of drug-likeness (QED) is 0.125. The molecule has 0 saturated carbocycles. The minimum Gasteiger partial charge on any atom is -0.229 e. The number of aliphatic imine (C=N–C) groups is 2. The van der Waals surface area contributed by atoms with Crippen LogP contribution < -0.4 is 0 Å². The molecule has 0 amide bonds. The van der Waals surface area contributed by atoms with Crippen molar-refractivity contribution in [2.45, 2.75) is 110 Å². The summed E-state index contributed by atoms with van der Waals surface area (Å²) in [5.41, 5.74) is 16.3. The molecule has 0 aromatic heterocycles. The first-order chi connectivity index (χ1) is 27.8. The zero-order valence-electron chi connectivity index (χ0n) is 37.1. The molecule has 2 nitrogen and oxygen atoms in total. The van der Waals surface area contributed by atoms with E-state index in [1.54, 1.807) is 6.08 Å². The Morgan fingerprint density at radius 3 is 1.76 bits per heavy atom. The molecule has 0 N–H and O–H groups in total. The number of rotatable bonds is 5. The molecule has 0 saturated heterocycles. The molecule has 0 fully saturated rings. The van der Waals surface area contributed by atoms with Gasteiger partial charge < -0.3 is 0 Å². The van der Waals surface area contributed by atoms with E-state index in [1.807, 2.05) is 36.4 Å². The van der Waals surface area contributed by atoms with E-state index in [9.17, 15) is 0 Å². The normalized spacial score (nSPS) is 17.8. The second-order valence-electron chi connectivity index (χ2n) is 20.0. The molecular weight excluding hydrogens is 713 g/mol. The van der Waals surface area contributed by atoms with Crippen molar-refractivity contribution in [2.75, 3.05) is 0 Å². The first kappa shape index (κ1) is 41.6. The lowest BCUT2D eigenvalue weighted by Crippen LogP contribution is -2.31. The van der Waals surface area contributed by atoms with Crippen LogP contribution in [0.1, 0.15) is 133 Å². The Bertz CT molecular complexity index is 2520. The smallest absolute Gasteiger partial charge is 0.160 e. The van der Waals surface area contributed by atoms with E-state index >= 15 is 0 Å². The molecule has 2 aliphatic rings. The van der Waals surface area contributed by atoms with Gasteiger partial charge >= 0.3 is 0 Å². The maximum Gasteiger partial charge on any atom is 0.160 e. The van der Waals surface area contributed by atoms with E-state index in [1.165, 1.54) is 50.1 Å². The van der Waals surface area contributed by atoms with Crippen molar-refractivity contribution in [3.05, 3.63) is 208 Å². The highest BCUT2D eigenvalue weighted by Crippen LogP contribution is 2.49. The molecule has 0 radical (unpaired) electrons. The highest BCUT2D eigenvalue weighted by Gasteiger charge is 2.36.